The minimum Gasteiger partial charge on any atom is -0.508 e. The van der Waals surface area contributed by atoms with Crippen LogP contribution in [0.3, 0.4) is 0 Å². The van der Waals surface area contributed by atoms with Crippen LogP contribution in [0, 0.1) is 0 Å². The summed E-state index contributed by atoms with van der Waals surface area (Å²) in [5, 5.41) is 18.7. The van der Waals surface area contributed by atoms with Crippen molar-refractivity contribution >= 4 is 28.5 Å². The first-order chi connectivity index (χ1) is 12.7. The van der Waals surface area contributed by atoms with Gasteiger partial charge in [0.2, 0.25) is 5.78 Å². The highest BCUT2D eigenvalue weighted by molar-refractivity contribution is 6.28. The monoisotopic (exact) mass is 342 g/mol. The maximum atomic E-state index is 13.1. The van der Waals surface area contributed by atoms with Crippen molar-refractivity contribution in [2.75, 3.05) is 0 Å². The highest BCUT2D eigenvalue weighted by atomic mass is 16.3. The number of phenols is 1. The number of phenolic OH excluding ortho intramolecular Hbond substituents is 1. The molecule has 0 saturated carbocycles. The quantitative estimate of drug-likeness (QED) is 0.568. The predicted octanol–water partition coefficient (Wildman–Crippen LogP) is 3.18. The molecule has 0 atom stereocenters. The Morgan fingerprint density at radius 2 is 1.88 bits per heavy atom. The molecule has 6 nitrogen and oxygen atoms in total. The number of nitrogens with zero attached hydrogens (tertiary/aromatic N) is 4. The first-order valence-electron chi connectivity index (χ1n) is 8.24. The van der Waals surface area contributed by atoms with Crippen LogP contribution in [0.1, 0.15) is 21.7 Å². The molecule has 0 amide bonds. The molecule has 0 saturated heterocycles. The summed E-state index contributed by atoms with van der Waals surface area (Å²) in [6, 6.07) is 16.4. The topological polar surface area (TPSA) is 72.9 Å². The lowest BCUT2D eigenvalue weighted by atomic mass is 10.1. The van der Waals surface area contributed by atoms with Gasteiger partial charge >= 0.3 is 0 Å². The molecular formula is C20H14N4O2. The van der Waals surface area contributed by atoms with Crippen molar-refractivity contribution in [3.63, 3.8) is 0 Å². The number of hydrogen-bond acceptors (Lipinski definition) is 4. The number of para-hydroxylation sites is 1. The number of allylic oxidation sites excluding steroid dienone is 1. The molecule has 6 heteroatoms. The van der Waals surface area contributed by atoms with Crippen molar-refractivity contribution in [2.45, 2.75) is 6.54 Å². The standard InChI is InChI=1S/C20H14N4O2/c25-17-7-5-13(6-8-17)20(26)19-10-15-9-14-3-1-2-4-18(14)23(15)12-16-11-21-22-24(16)19/h1-11,25H,12H2. The van der Waals surface area contributed by atoms with Gasteiger partial charge in [0, 0.05) is 22.2 Å². The molecule has 126 valence electrons. The maximum Gasteiger partial charge on any atom is 0.211 e. The molecule has 1 aliphatic rings. The second kappa shape index (κ2) is 5.42. The molecule has 0 radical (unpaired) electrons. The Balaban J connectivity index is 1.72. The molecule has 0 bridgehead atoms. The number of rotatable bonds is 2. The number of fused-ring (bicyclic) bond motifs is 4. The van der Waals surface area contributed by atoms with Crippen molar-refractivity contribution in [3.05, 3.63) is 77.7 Å². The van der Waals surface area contributed by atoms with Gasteiger partial charge in [-0.1, -0.05) is 23.4 Å². The molecule has 3 heterocycles. The van der Waals surface area contributed by atoms with Crippen LogP contribution in [0.25, 0.3) is 22.7 Å². The Bertz CT molecular complexity index is 1180. The zero-order chi connectivity index (χ0) is 17.7. The number of benzene rings is 2. The number of aromatic nitrogens is 4. The molecular weight excluding hydrogens is 328 g/mol. The molecule has 0 fully saturated rings. The lowest BCUT2D eigenvalue weighted by molar-refractivity contribution is 0.105. The molecule has 26 heavy (non-hydrogen) atoms. The molecule has 0 unspecified atom stereocenters. The molecule has 1 N–H and O–H groups in total. The maximum absolute atomic E-state index is 13.1. The summed E-state index contributed by atoms with van der Waals surface area (Å²) < 4.78 is 3.75. The van der Waals surface area contributed by atoms with Crippen molar-refractivity contribution in [3.8, 4) is 5.75 Å². The van der Waals surface area contributed by atoms with Crippen molar-refractivity contribution in [1.29, 1.82) is 0 Å². The lowest BCUT2D eigenvalue weighted by Crippen LogP contribution is -2.12. The van der Waals surface area contributed by atoms with Gasteiger partial charge in [0.05, 0.1) is 18.4 Å². The van der Waals surface area contributed by atoms with E-state index in [4.69, 9.17) is 0 Å². The average molecular weight is 342 g/mol. The minimum absolute atomic E-state index is 0.123. The predicted molar refractivity (Wildman–Crippen MR) is 97.7 cm³/mol. The number of carbonyl (C=O) groups is 1. The molecule has 4 aromatic rings. The highest BCUT2D eigenvalue weighted by Gasteiger charge is 2.23. The fraction of sp³-hybridized carbons (Fsp3) is 0.0500. The second-order valence-electron chi connectivity index (χ2n) is 6.26. The Hall–Kier alpha value is -3.67. The third kappa shape index (κ3) is 2.16. The van der Waals surface area contributed by atoms with Crippen LogP contribution in [0.15, 0.2) is 60.8 Å². The van der Waals surface area contributed by atoms with Gasteiger partial charge in [-0.2, -0.15) is 0 Å². The molecule has 2 aromatic carbocycles. The van der Waals surface area contributed by atoms with Gasteiger partial charge in [-0.25, -0.2) is 4.68 Å². The van der Waals surface area contributed by atoms with E-state index in [1.807, 2.05) is 18.2 Å². The van der Waals surface area contributed by atoms with Crippen molar-refractivity contribution in [1.82, 2.24) is 19.6 Å². The Kier molecular flexibility index (Phi) is 3.05. The SMILES string of the molecule is O=C(C1=Cc2cc3ccccc3n2Cc2cnnn21)c1ccc(O)cc1. The molecule has 2 aromatic heterocycles. The fourth-order valence-corrected chi connectivity index (χ4v) is 3.38. The average Bonchev–Trinajstić information content (AvgIpc) is 3.22. The third-order valence-electron chi connectivity index (χ3n) is 4.66. The summed E-state index contributed by atoms with van der Waals surface area (Å²) in [7, 11) is 0. The zero-order valence-electron chi connectivity index (χ0n) is 13.7. The zero-order valence-corrected chi connectivity index (χ0v) is 13.7. The highest BCUT2D eigenvalue weighted by Crippen LogP contribution is 2.28. The van der Waals surface area contributed by atoms with Crippen LogP contribution in [0.2, 0.25) is 0 Å². The summed E-state index contributed by atoms with van der Waals surface area (Å²) in [5.41, 5.74) is 3.80. The van der Waals surface area contributed by atoms with Gasteiger partial charge in [-0.15, -0.1) is 5.10 Å². The van der Waals surface area contributed by atoms with E-state index in [2.05, 4.69) is 33.1 Å². The van der Waals surface area contributed by atoms with E-state index in [0.717, 1.165) is 22.3 Å². The van der Waals surface area contributed by atoms with Crippen LogP contribution in [-0.2, 0) is 6.54 Å². The molecule has 0 spiro atoms. The Morgan fingerprint density at radius 3 is 2.73 bits per heavy atom. The number of hydrogen-bond donors (Lipinski definition) is 1. The Morgan fingerprint density at radius 1 is 1.08 bits per heavy atom. The van der Waals surface area contributed by atoms with E-state index in [9.17, 15) is 9.90 Å². The number of aromatic hydroxyl groups is 1. The van der Waals surface area contributed by atoms with Gasteiger partial charge in [-0.3, -0.25) is 4.79 Å². The van der Waals surface area contributed by atoms with Crippen molar-refractivity contribution < 1.29 is 9.90 Å². The fourth-order valence-electron chi connectivity index (χ4n) is 3.38. The van der Waals surface area contributed by atoms with E-state index in [1.165, 1.54) is 12.1 Å². The van der Waals surface area contributed by atoms with E-state index in [0.29, 0.717) is 17.8 Å². The summed E-state index contributed by atoms with van der Waals surface area (Å²) in [6.07, 6.45) is 3.53. The molecule has 0 aliphatic carbocycles. The van der Waals surface area contributed by atoms with E-state index in [-0.39, 0.29) is 11.5 Å². The van der Waals surface area contributed by atoms with Crippen LogP contribution in [0.4, 0.5) is 0 Å². The van der Waals surface area contributed by atoms with Crippen molar-refractivity contribution in [2.24, 2.45) is 0 Å². The van der Waals surface area contributed by atoms with Gasteiger partial charge in [0.25, 0.3) is 0 Å². The summed E-state index contributed by atoms with van der Waals surface area (Å²) >= 11 is 0. The van der Waals surface area contributed by atoms with E-state index < -0.39 is 0 Å². The number of carbonyl (C=O) groups excluding carboxylic acids is 1. The summed E-state index contributed by atoms with van der Waals surface area (Å²) in [6.45, 7) is 0.582. The number of Topliss-reactive ketones (excluding diaryl/α,β-unsaturated/α-hetero) is 1. The van der Waals surface area contributed by atoms with Crippen LogP contribution >= 0.6 is 0 Å². The van der Waals surface area contributed by atoms with E-state index >= 15 is 0 Å². The first kappa shape index (κ1) is 14.7. The van der Waals surface area contributed by atoms with Crippen LogP contribution in [-0.4, -0.2) is 30.5 Å². The third-order valence-corrected chi connectivity index (χ3v) is 4.66. The summed E-state index contributed by atoms with van der Waals surface area (Å²) in [5.74, 6) is -0.0478. The van der Waals surface area contributed by atoms with Gasteiger partial charge in [0.15, 0.2) is 0 Å². The van der Waals surface area contributed by atoms with Gasteiger partial charge in [0.1, 0.15) is 11.4 Å². The number of ketones is 1. The van der Waals surface area contributed by atoms with E-state index in [1.54, 1.807) is 23.0 Å². The normalized spacial score (nSPS) is 13.0. The Labute approximate surface area is 148 Å². The second-order valence-corrected chi connectivity index (χ2v) is 6.26. The lowest BCUT2D eigenvalue weighted by Gasteiger charge is -2.08. The van der Waals surface area contributed by atoms with Gasteiger partial charge in [-0.05, 0) is 42.5 Å². The largest absolute Gasteiger partial charge is 0.508 e. The smallest absolute Gasteiger partial charge is 0.211 e. The van der Waals surface area contributed by atoms with Gasteiger partial charge < -0.3 is 9.67 Å². The molecule has 5 rings (SSSR count). The minimum atomic E-state index is -0.171. The van der Waals surface area contributed by atoms with Crippen LogP contribution in [0.5, 0.6) is 5.75 Å². The summed E-state index contributed by atoms with van der Waals surface area (Å²) in [4.78, 5) is 13.1. The first-order valence-corrected chi connectivity index (χ1v) is 8.24. The molecule has 1 aliphatic heterocycles. The van der Waals surface area contributed by atoms with Crippen LogP contribution < -0.4 is 0 Å².